The first-order chi connectivity index (χ1) is 7.09. The third kappa shape index (κ3) is 4.20. The molecule has 1 saturated heterocycles. The van der Waals surface area contributed by atoms with E-state index in [4.69, 9.17) is 11.5 Å². The topological polar surface area (TPSA) is 111 Å². The average Bonchev–Trinajstić information content (AvgIpc) is 2.17. The molecule has 6 nitrogen and oxygen atoms in total. The van der Waals surface area contributed by atoms with Gasteiger partial charge in [0.15, 0.2) is 5.96 Å². The highest BCUT2D eigenvalue weighted by molar-refractivity contribution is 8.14. The molecule has 0 aromatic heterocycles. The zero-order valence-corrected chi connectivity index (χ0v) is 9.05. The number of amides is 1. The van der Waals surface area contributed by atoms with Crippen molar-refractivity contribution in [3.8, 4) is 0 Å². The molecule has 0 aromatic carbocycles. The van der Waals surface area contributed by atoms with Crippen LogP contribution in [0.15, 0.2) is 4.99 Å². The minimum atomic E-state index is -0.384. The summed E-state index contributed by atoms with van der Waals surface area (Å²) in [6.07, 6.45) is 1.25. The molecule has 0 aromatic rings. The van der Waals surface area contributed by atoms with E-state index in [1.807, 2.05) is 0 Å². The summed E-state index contributed by atoms with van der Waals surface area (Å²) in [5, 5.41) is 2.65. The van der Waals surface area contributed by atoms with Crippen molar-refractivity contribution in [1.29, 1.82) is 0 Å². The van der Waals surface area contributed by atoms with E-state index in [2.05, 4.69) is 10.3 Å². The van der Waals surface area contributed by atoms with Crippen molar-refractivity contribution in [2.45, 2.75) is 18.9 Å². The van der Waals surface area contributed by atoms with Gasteiger partial charge in [0.1, 0.15) is 0 Å². The van der Waals surface area contributed by atoms with Crippen LogP contribution in [0.1, 0.15) is 12.8 Å². The molecule has 0 aliphatic carbocycles. The quantitative estimate of drug-likeness (QED) is 0.319. The van der Waals surface area contributed by atoms with Crippen molar-refractivity contribution in [3.63, 3.8) is 0 Å². The molecule has 7 heteroatoms. The fourth-order valence-electron chi connectivity index (χ4n) is 1.23. The third-order valence-corrected chi connectivity index (χ3v) is 2.89. The SMILES string of the molecule is NC(N)=NCCC[C@@H]1NC(=O)CSC1=O. The van der Waals surface area contributed by atoms with Gasteiger partial charge in [-0.2, -0.15) is 0 Å². The maximum atomic E-state index is 11.3. The van der Waals surface area contributed by atoms with Crippen LogP contribution in [0.2, 0.25) is 0 Å². The zero-order chi connectivity index (χ0) is 11.3. The van der Waals surface area contributed by atoms with Crippen molar-refractivity contribution in [1.82, 2.24) is 5.32 Å². The van der Waals surface area contributed by atoms with Crippen LogP contribution in [0.5, 0.6) is 0 Å². The van der Waals surface area contributed by atoms with Gasteiger partial charge in [0, 0.05) is 6.54 Å². The first-order valence-electron chi connectivity index (χ1n) is 4.61. The Hall–Kier alpha value is -1.24. The van der Waals surface area contributed by atoms with Crippen LogP contribution in [-0.2, 0) is 9.59 Å². The summed E-state index contributed by atoms with van der Waals surface area (Å²) in [5.41, 5.74) is 10.3. The number of hydrogen-bond donors (Lipinski definition) is 3. The molecule has 0 spiro atoms. The van der Waals surface area contributed by atoms with Crippen LogP contribution in [0.4, 0.5) is 0 Å². The van der Waals surface area contributed by atoms with E-state index in [0.29, 0.717) is 19.4 Å². The fraction of sp³-hybridized carbons (Fsp3) is 0.625. The van der Waals surface area contributed by atoms with E-state index >= 15 is 0 Å². The number of nitrogens with zero attached hydrogens (tertiary/aromatic N) is 1. The Bertz CT molecular complexity index is 288. The van der Waals surface area contributed by atoms with Crippen molar-refractivity contribution in [3.05, 3.63) is 0 Å². The van der Waals surface area contributed by atoms with Gasteiger partial charge in [-0.05, 0) is 12.8 Å². The summed E-state index contributed by atoms with van der Waals surface area (Å²) in [5.74, 6) is 0.179. The van der Waals surface area contributed by atoms with Gasteiger partial charge in [0.05, 0.1) is 11.8 Å². The molecule has 1 fully saturated rings. The molecular weight excluding hydrogens is 216 g/mol. The van der Waals surface area contributed by atoms with Gasteiger partial charge >= 0.3 is 0 Å². The molecule has 1 amide bonds. The number of aliphatic imine (C=N–C) groups is 1. The maximum Gasteiger partial charge on any atom is 0.231 e. The summed E-state index contributed by atoms with van der Waals surface area (Å²) in [7, 11) is 0. The number of nitrogens with one attached hydrogen (secondary N) is 1. The van der Waals surface area contributed by atoms with Crippen LogP contribution >= 0.6 is 11.8 Å². The minimum absolute atomic E-state index is 0.0132. The van der Waals surface area contributed by atoms with Crippen molar-refractivity contribution in [2.24, 2.45) is 16.5 Å². The Kier molecular flexibility index (Phi) is 4.41. The molecule has 0 radical (unpaired) electrons. The second kappa shape index (κ2) is 5.59. The van der Waals surface area contributed by atoms with Crippen molar-refractivity contribution in [2.75, 3.05) is 12.3 Å². The van der Waals surface area contributed by atoms with Gasteiger partial charge < -0.3 is 16.8 Å². The number of hydrogen-bond acceptors (Lipinski definition) is 4. The maximum absolute atomic E-state index is 11.3. The third-order valence-electron chi connectivity index (χ3n) is 1.91. The summed E-state index contributed by atoms with van der Waals surface area (Å²) < 4.78 is 0. The van der Waals surface area contributed by atoms with Crippen molar-refractivity contribution < 1.29 is 9.59 Å². The lowest BCUT2D eigenvalue weighted by atomic mass is 10.1. The molecule has 1 rings (SSSR count). The van der Waals surface area contributed by atoms with E-state index in [-0.39, 0.29) is 28.8 Å². The minimum Gasteiger partial charge on any atom is -0.370 e. The Morgan fingerprint density at radius 1 is 1.53 bits per heavy atom. The molecule has 5 N–H and O–H groups in total. The lowest BCUT2D eigenvalue weighted by Gasteiger charge is -2.20. The lowest BCUT2D eigenvalue weighted by molar-refractivity contribution is -0.124. The van der Waals surface area contributed by atoms with Gasteiger partial charge in [-0.25, -0.2) is 0 Å². The first kappa shape index (κ1) is 11.8. The molecule has 1 heterocycles. The monoisotopic (exact) mass is 230 g/mol. The molecule has 84 valence electrons. The predicted octanol–water partition coefficient (Wildman–Crippen LogP) is -1.20. The number of carbonyl (C=O) groups is 2. The highest BCUT2D eigenvalue weighted by atomic mass is 32.2. The summed E-state index contributed by atoms with van der Waals surface area (Å²) in [6, 6.07) is -0.384. The number of thioether (sulfide) groups is 1. The molecular formula is C8H14N4O2S. The van der Waals surface area contributed by atoms with Crippen LogP contribution in [0.3, 0.4) is 0 Å². The Labute approximate surface area is 91.9 Å². The fourth-order valence-corrected chi connectivity index (χ4v) is 1.96. The molecule has 1 aliphatic heterocycles. The largest absolute Gasteiger partial charge is 0.370 e. The number of nitrogens with two attached hydrogens (primary N) is 2. The first-order valence-corrected chi connectivity index (χ1v) is 5.59. The average molecular weight is 230 g/mol. The van der Waals surface area contributed by atoms with E-state index < -0.39 is 0 Å². The van der Waals surface area contributed by atoms with Crippen LogP contribution in [-0.4, -0.2) is 35.3 Å². The predicted molar refractivity (Wildman–Crippen MR) is 59.3 cm³/mol. The van der Waals surface area contributed by atoms with Gasteiger partial charge in [-0.1, -0.05) is 11.8 Å². The van der Waals surface area contributed by atoms with Crippen LogP contribution < -0.4 is 16.8 Å². The summed E-state index contributed by atoms with van der Waals surface area (Å²) in [4.78, 5) is 26.1. The molecule has 0 saturated carbocycles. The summed E-state index contributed by atoms with van der Waals surface area (Å²) in [6.45, 7) is 0.479. The highest BCUT2D eigenvalue weighted by Crippen LogP contribution is 2.14. The molecule has 1 aliphatic rings. The number of rotatable bonds is 4. The highest BCUT2D eigenvalue weighted by Gasteiger charge is 2.26. The van der Waals surface area contributed by atoms with E-state index in [1.165, 1.54) is 0 Å². The van der Waals surface area contributed by atoms with Crippen LogP contribution in [0, 0.1) is 0 Å². The molecule has 0 bridgehead atoms. The second-order valence-corrected chi connectivity index (χ2v) is 4.16. The van der Waals surface area contributed by atoms with Gasteiger partial charge in [-0.3, -0.25) is 14.6 Å². The Morgan fingerprint density at radius 2 is 2.27 bits per heavy atom. The number of carbonyl (C=O) groups excluding carboxylic acids is 2. The Balaban J connectivity index is 2.27. The standard InChI is InChI=1S/C8H14N4O2S/c9-8(10)11-3-1-2-5-7(14)15-4-6(13)12-5/h5H,1-4H2,(H,12,13)(H4,9,10,11)/t5-/m0/s1. The van der Waals surface area contributed by atoms with Gasteiger partial charge in [0.2, 0.25) is 11.0 Å². The second-order valence-electron chi connectivity index (χ2n) is 3.18. The zero-order valence-electron chi connectivity index (χ0n) is 8.23. The molecule has 0 unspecified atom stereocenters. The molecule has 15 heavy (non-hydrogen) atoms. The lowest BCUT2D eigenvalue weighted by Crippen LogP contribution is -2.45. The summed E-state index contributed by atoms with van der Waals surface area (Å²) >= 11 is 1.06. The van der Waals surface area contributed by atoms with E-state index in [1.54, 1.807) is 0 Å². The van der Waals surface area contributed by atoms with E-state index in [9.17, 15) is 9.59 Å². The van der Waals surface area contributed by atoms with Gasteiger partial charge in [-0.15, -0.1) is 0 Å². The van der Waals surface area contributed by atoms with Crippen LogP contribution in [0.25, 0.3) is 0 Å². The Morgan fingerprint density at radius 3 is 2.93 bits per heavy atom. The van der Waals surface area contributed by atoms with Crippen molar-refractivity contribution >= 4 is 28.7 Å². The van der Waals surface area contributed by atoms with E-state index in [0.717, 1.165) is 11.8 Å². The normalized spacial score (nSPS) is 20.9. The van der Waals surface area contributed by atoms with Gasteiger partial charge in [0.25, 0.3) is 0 Å². The number of guanidine groups is 1. The smallest absolute Gasteiger partial charge is 0.231 e. The molecule has 1 atom stereocenters.